The van der Waals surface area contributed by atoms with E-state index in [0.717, 1.165) is 44.0 Å². The Bertz CT molecular complexity index is 448. The smallest absolute Gasteiger partial charge is 0.265 e. The van der Waals surface area contributed by atoms with E-state index in [1.165, 1.54) is 0 Å². The van der Waals surface area contributed by atoms with E-state index >= 15 is 0 Å². The molecule has 1 fully saturated rings. The second kappa shape index (κ2) is 7.95. The predicted octanol–water partition coefficient (Wildman–Crippen LogP) is 1.44. The van der Waals surface area contributed by atoms with E-state index in [4.69, 9.17) is 4.74 Å². The summed E-state index contributed by atoms with van der Waals surface area (Å²) in [6.45, 7) is 7.65. The molecule has 6 nitrogen and oxygen atoms in total. The van der Waals surface area contributed by atoms with Crippen LogP contribution in [0, 0.1) is 0 Å². The van der Waals surface area contributed by atoms with Crippen LogP contribution in [0.5, 0.6) is 0 Å². The summed E-state index contributed by atoms with van der Waals surface area (Å²) in [5, 5.41) is 5.08. The van der Waals surface area contributed by atoms with Gasteiger partial charge in [-0.05, 0) is 25.5 Å². The van der Waals surface area contributed by atoms with Crippen LogP contribution in [0.3, 0.4) is 0 Å². The van der Waals surface area contributed by atoms with Crippen molar-refractivity contribution in [1.82, 2.24) is 15.4 Å². The van der Waals surface area contributed by atoms with Crippen LogP contribution in [-0.4, -0.2) is 48.7 Å². The zero-order valence-corrected chi connectivity index (χ0v) is 12.8. The largest absolute Gasteiger partial charge is 0.379 e. The van der Waals surface area contributed by atoms with Crippen molar-refractivity contribution >= 4 is 11.7 Å². The fraction of sp³-hybridized carbons (Fsp3) is 0.600. The highest BCUT2D eigenvalue weighted by Gasteiger charge is 2.15. The fourth-order valence-corrected chi connectivity index (χ4v) is 2.26. The van der Waals surface area contributed by atoms with E-state index in [1.54, 1.807) is 6.07 Å². The summed E-state index contributed by atoms with van der Waals surface area (Å²) in [6.07, 6.45) is 1.88. The molecule has 0 spiro atoms. The molecular formula is C15H24N4O2. The number of rotatable bonds is 6. The number of nitrogens with one attached hydrogen (secondary N) is 2. The van der Waals surface area contributed by atoms with Gasteiger partial charge in [0.1, 0.15) is 5.82 Å². The van der Waals surface area contributed by atoms with Crippen LogP contribution >= 0.6 is 0 Å². The van der Waals surface area contributed by atoms with E-state index in [0.29, 0.717) is 18.8 Å². The number of carbonyl (C=O) groups excluding carboxylic acids is 1. The first kappa shape index (κ1) is 15.7. The first-order valence-corrected chi connectivity index (χ1v) is 7.61. The Morgan fingerprint density at radius 1 is 1.33 bits per heavy atom. The Morgan fingerprint density at radius 2 is 2.10 bits per heavy atom. The average Bonchev–Trinajstić information content (AvgIpc) is 2.49. The summed E-state index contributed by atoms with van der Waals surface area (Å²) >= 11 is 0. The number of morpholine rings is 1. The number of hydrogen-bond donors (Lipinski definition) is 2. The van der Waals surface area contributed by atoms with Crippen molar-refractivity contribution in [3.8, 4) is 0 Å². The summed E-state index contributed by atoms with van der Waals surface area (Å²) in [7, 11) is 0. The van der Waals surface area contributed by atoms with E-state index in [9.17, 15) is 4.79 Å². The van der Waals surface area contributed by atoms with Crippen LogP contribution in [-0.2, 0) is 11.2 Å². The fourth-order valence-electron chi connectivity index (χ4n) is 2.26. The Hall–Kier alpha value is -1.66. The highest BCUT2D eigenvalue weighted by molar-refractivity contribution is 5.94. The van der Waals surface area contributed by atoms with Gasteiger partial charge in [0.2, 0.25) is 0 Å². The predicted molar refractivity (Wildman–Crippen MR) is 82.3 cm³/mol. The van der Waals surface area contributed by atoms with Gasteiger partial charge < -0.3 is 10.1 Å². The molecular weight excluding hydrogens is 268 g/mol. The zero-order chi connectivity index (χ0) is 15.1. The lowest BCUT2D eigenvalue weighted by Gasteiger charge is -2.27. The Balaban J connectivity index is 2.10. The number of hydrazine groups is 1. The molecule has 0 saturated carbocycles. The van der Waals surface area contributed by atoms with Crippen molar-refractivity contribution in [2.75, 3.05) is 38.2 Å². The molecule has 2 heterocycles. The number of pyridine rings is 1. The maximum Gasteiger partial charge on any atom is 0.265 e. The number of carbonyl (C=O) groups is 1. The van der Waals surface area contributed by atoms with Crippen LogP contribution < -0.4 is 10.7 Å². The molecule has 1 aliphatic heterocycles. The van der Waals surface area contributed by atoms with Crippen LogP contribution in [0.2, 0.25) is 0 Å². The molecule has 6 heteroatoms. The van der Waals surface area contributed by atoms with Gasteiger partial charge in [-0.1, -0.05) is 13.3 Å². The molecule has 0 bridgehead atoms. The second-order valence-electron chi connectivity index (χ2n) is 5.05. The highest BCUT2D eigenvalue weighted by Crippen LogP contribution is 2.12. The molecule has 1 aromatic rings. The van der Waals surface area contributed by atoms with Crippen molar-refractivity contribution < 1.29 is 9.53 Å². The van der Waals surface area contributed by atoms with Gasteiger partial charge in [0.15, 0.2) is 0 Å². The standard InChI is InChI=1S/C15H24N4O2/c1-3-5-13-10-12(11-14(17-13)16-4-2)15(20)18-19-6-8-21-9-7-19/h10-11H,3-9H2,1-2H3,(H,16,17)(H,18,20). The summed E-state index contributed by atoms with van der Waals surface area (Å²) in [5.74, 6) is 0.673. The summed E-state index contributed by atoms with van der Waals surface area (Å²) in [4.78, 5) is 16.9. The molecule has 2 N–H and O–H groups in total. The summed E-state index contributed by atoms with van der Waals surface area (Å²) in [5.41, 5.74) is 4.53. The third-order valence-electron chi connectivity index (χ3n) is 3.28. The third-order valence-corrected chi connectivity index (χ3v) is 3.28. The van der Waals surface area contributed by atoms with Crippen LogP contribution in [0.25, 0.3) is 0 Å². The SMILES string of the molecule is CCCc1cc(C(=O)NN2CCOCC2)cc(NCC)n1. The number of aromatic nitrogens is 1. The van der Waals surface area contributed by atoms with Gasteiger partial charge in [-0.3, -0.25) is 10.2 Å². The number of anilines is 1. The first-order chi connectivity index (χ1) is 10.2. The lowest BCUT2D eigenvalue weighted by Crippen LogP contribution is -2.48. The minimum absolute atomic E-state index is 0.0872. The van der Waals surface area contributed by atoms with Gasteiger partial charge in [0.25, 0.3) is 5.91 Å². The van der Waals surface area contributed by atoms with Gasteiger partial charge in [-0.15, -0.1) is 0 Å². The topological polar surface area (TPSA) is 66.5 Å². The Labute approximate surface area is 125 Å². The van der Waals surface area contributed by atoms with Crippen molar-refractivity contribution in [3.05, 3.63) is 23.4 Å². The molecule has 0 radical (unpaired) electrons. The van der Waals surface area contributed by atoms with Gasteiger partial charge in [-0.25, -0.2) is 9.99 Å². The molecule has 21 heavy (non-hydrogen) atoms. The molecule has 0 atom stereocenters. The lowest BCUT2D eigenvalue weighted by molar-refractivity contribution is 0.0126. The van der Waals surface area contributed by atoms with Crippen LogP contribution in [0.1, 0.15) is 36.3 Å². The maximum absolute atomic E-state index is 12.4. The Morgan fingerprint density at radius 3 is 2.76 bits per heavy atom. The highest BCUT2D eigenvalue weighted by atomic mass is 16.5. The number of nitrogens with zero attached hydrogens (tertiary/aromatic N) is 2. The lowest BCUT2D eigenvalue weighted by atomic mass is 10.1. The molecule has 0 unspecified atom stereocenters. The van der Waals surface area contributed by atoms with Crippen molar-refractivity contribution in [2.45, 2.75) is 26.7 Å². The van der Waals surface area contributed by atoms with Gasteiger partial charge in [-0.2, -0.15) is 0 Å². The molecule has 1 aliphatic rings. The number of ether oxygens (including phenoxy) is 1. The van der Waals surface area contributed by atoms with Crippen molar-refractivity contribution in [2.24, 2.45) is 0 Å². The second-order valence-corrected chi connectivity index (χ2v) is 5.05. The molecule has 1 aromatic heterocycles. The monoisotopic (exact) mass is 292 g/mol. The summed E-state index contributed by atoms with van der Waals surface area (Å²) < 4.78 is 5.28. The minimum atomic E-state index is -0.0872. The molecule has 1 amide bonds. The quantitative estimate of drug-likeness (QED) is 0.830. The van der Waals surface area contributed by atoms with Crippen LogP contribution in [0.15, 0.2) is 12.1 Å². The number of amides is 1. The summed E-state index contributed by atoms with van der Waals surface area (Å²) in [6, 6.07) is 3.68. The Kier molecular flexibility index (Phi) is 5.95. The van der Waals surface area contributed by atoms with E-state index in [-0.39, 0.29) is 5.91 Å². The number of aryl methyl sites for hydroxylation is 1. The third kappa shape index (κ3) is 4.68. The maximum atomic E-state index is 12.4. The molecule has 0 aromatic carbocycles. The first-order valence-electron chi connectivity index (χ1n) is 7.61. The average molecular weight is 292 g/mol. The van der Waals surface area contributed by atoms with E-state index in [2.05, 4.69) is 22.7 Å². The molecule has 2 rings (SSSR count). The van der Waals surface area contributed by atoms with E-state index in [1.807, 2.05) is 18.0 Å². The zero-order valence-electron chi connectivity index (χ0n) is 12.8. The van der Waals surface area contributed by atoms with E-state index < -0.39 is 0 Å². The van der Waals surface area contributed by atoms with Gasteiger partial charge in [0.05, 0.1) is 13.2 Å². The van der Waals surface area contributed by atoms with Crippen molar-refractivity contribution in [1.29, 1.82) is 0 Å². The normalized spacial score (nSPS) is 15.7. The van der Waals surface area contributed by atoms with Gasteiger partial charge in [0, 0.05) is 30.9 Å². The van der Waals surface area contributed by atoms with Crippen molar-refractivity contribution in [3.63, 3.8) is 0 Å². The van der Waals surface area contributed by atoms with Crippen LogP contribution in [0.4, 0.5) is 5.82 Å². The van der Waals surface area contributed by atoms with Gasteiger partial charge >= 0.3 is 0 Å². The molecule has 116 valence electrons. The number of hydrogen-bond acceptors (Lipinski definition) is 5. The molecule has 1 saturated heterocycles. The molecule has 0 aliphatic carbocycles. The minimum Gasteiger partial charge on any atom is -0.379 e.